The van der Waals surface area contributed by atoms with E-state index in [1.165, 1.54) is 17.0 Å². The highest BCUT2D eigenvalue weighted by molar-refractivity contribution is 6.06. The molecule has 0 radical (unpaired) electrons. The van der Waals surface area contributed by atoms with Gasteiger partial charge in [-0.3, -0.25) is 19.8 Å². The molecule has 3 heterocycles. The first-order valence-corrected chi connectivity index (χ1v) is 11.6. The van der Waals surface area contributed by atoms with E-state index in [4.69, 9.17) is 4.74 Å². The molecule has 35 heavy (non-hydrogen) atoms. The highest BCUT2D eigenvalue weighted by Gasteiger charge is 2.60. The van der Waals surface area contributed by atoms with E-state index in [9.17, 15) is 29.6 Å². The minimum absolute atomic E-state index is 0.0149. The van der Waals surface area contributed by atoms with E-state index < -0.39 is 28.9 Å². The lowest BCUT2D eigenvalue weighted by atomic mass is 9.77. The van der Waals surface area contributed by atoms with E-state index in [0.29, 0.717) is 18.2 Å². The van der Waals surface area contributed by atoms with Crippen molar-refractivity contribution in [1.82, 2.24) is 14.7 Å². The van der Waals surface area contributed by atoms with Crippen LogP contribution in [0.1, 0.15) is 30.6 Å². The van der Waals surface area contributed by atoms with E-state index in [-0.39, 0.29) is 34.8 Å². The zero-order chi connectivity index (χ0) is 25.6. The number of β-lactam (4-membered cyclic amide) rings is 1. The fourth-order valence-corrected chi connectivity index (χ4v) is 5.37. The second-order valence-electron chi connectivity index (χ2n) is 9.75. The van der Waals surface area contributed by atoms with Gasteiger partial charge in [0.1, 0.15) is 5.70 Å². The molecule has 2 saturated heterocycles. The molecule has 0 aliphatic carbocycles. The van der Waals surface area contributed by atoms with Gasteiger partial charge < -0.3 is 19.6 Å². The van der Waals surface area contributed by atoms with E-state index in [0.717, 1.165) is 31.6 Å². The van der Waals surface area contributed by atoms with Crippen LogP contribution < -0.4 is 0 Å². The van der Waals surface area contributed by atoms with Gasteiger partial charge in [0.25, 0.3) is 5.69 Å². The summed E-state index contributed by atoms with van der Waals surface area (Å²) in [6.45, 7) is 5.58. The quantitative estimate of drug-likeness (QED) is 0.197. The number of rotatable bonds is 7. The van der Waals surface area contributed by atoms with Gasteiger partial charge in [0, 0.05) is 43.7 Å². The standard InChI is InChI=1S/C24H30N4O7/c1-13-18(12-26-10-9-17(11-26)25(3)4)21(27-20(13)19(14(2)29)22(27)30)24(32)35-23(31)15-5-7-16(8-6-15)28(33)34/h5-8,13-14,17,19-20,29H,9-12H2,1-4H3/t13-,14+,17-,19+,20+/m0/s1. The number of nitrogens with zero attached hydrogens (tertiary/aromatic N) is 4. The summed E-state index contributed by atoms with van der Waals surface area (Å²) >= 11 is 0. The Bertz CT molecular complexity index is 1080. The van der Waals surface area contributed by atoms with Gasteiger partial charge in [-0.2, -0.15) is 0 Å². The van der Waals surface area contributed by atoms with E-state index >= 15 is 0 Å². The first kappa shape index (κ1) is 25.0. The third kappa shape index (κ3) is 4.46. The molecule has 1 N–H and O–H groups in total. The predicted octanol–water partition coefficient (Wildman–Crippen LogP) is 1.03. The molecule has 0 aromatic heterocycles. The summed E-state index contributed by atoms with van der Waals surface area (Å²) in [6, 6.07) is 4.75. The van der Waals surface area contributed by atoms with Gasteiger partial charge in [0.05, 0.1) is 28.6 Å². The lowest BCUT2D eigenvalue weighted by Crippen LogP contribution is -2.63. The predicted molar refractivity (Wildman–Crippen MR) is 124 cm³/mol. The summed E-state index contributed by atoms with van der Waals surface area (Å²) in [5, 5.41) is 21.0. The van der Waals surface area contributed by atoms with Crippen LogP contribution in [0.2, 0.25) is 0 Å². The zero-order valence-electron chi connectivity index (χ0n) is 20.2. The second kappa shape index (κ2) is 9.48. The molecular formula is C24H30N4O7. The van der Waals surface area contributed by atoms with Gasteiger partial charge in [-0.15, -0.1) is 0 Å². The Balaban J connectivity index is 1.58. The fourth-order valence-electron chi connectivity index (χ4n) is 5.37. The van der Waals surface area contributed by atoms with E-state index in [1.807, 2.05) is 21.0 Å². The summed E-state index contributed by atoms with van der Waals surface area (Å²) in [5.41, 5.74) is 0.571. The second-order valence-corrected chi connectivity index (χ2v) is 9.75. The van der Waals surface area contributed by atoms with Crippen LogP contribution in [0.4, 0.5) is 5.69 Å². The summed E-state index contributed by atoms with van der Waals surface area (Å²) in [7, 11) is 4.05. The average molecular weight is 487 g/mol. The van der Waals surface area contributed by atoms with Crippen molar-refractivity contribution < 1.29 is 29.2 Å². The van der Waals surface area contributed by atoms with Gasteiger partial charge in [-0.25, -0.2) is 9.59 Å². The summed E-state index contributed by atoms with van der Waals surface area (Å²) in [5.74, 6) is -3.07. The van der Waals surface area contributed by atoms with Crippen LogP contribution in [0.15, 0.2) is 35.5 Å². The van der Waals surface area contributed by atoms with Crippen molar-refractivity contribution in [3.63, 3.8) is 0 Å². The number of carbonyl (C=O) groups excluding carboxylic acids is 3. The van der Waals surface area contributed by atoms with Crippen molar-refractivity contribution in [3.8, 4) is 0 Å². The lowest BCUT2D eigenvalue weighted by molar-refractivity contribution is -0.384. The third-order valence-corrected chi connectivity index (χ3v) is 7.38. The van der Waals surface area contributed by atoms with Crippen LogP contribution in [0.5, 0.6) is 0 Å². The molecule has 11 nitrogen and oxygen atoms in total. The van der Waals surface area contributed by atoms with E-state index in [2.05, 4.69) is 9.80 Å². The number of nitro groups is 1. The number of likely N-dealkylation sites (tertiary alicyclic amines) is 1. The molecule has 4 rings (SSSR count). The third-order valence-electron chi connectivity index (χ3n) is 7.38. The molecular weight excluding hydrogens is 456 g/mol. The summed E-state index contributed by atoms with van der Waals surface area (Å²) in [6.07, 6.45) is 0.115. The maximum Gasteiger partial charge on any atom is 0.362 e. The Kier molecular flexibility index (Phi) is 6.76. The first-order valence-electron chi connectivity index (χ1n) is 11.6. The summed E-state index contributed by atoms with van der Waals surface area (Å²) in [4.78, 5) is 54.7. The molecule has 1 amide bonds. The Labute approximate surface area is 203 Å². The number of likely N-dealkylation sites (N-methyl/N-ethyl adjacent to an activating group) is 1. The number of hydrogen-bond donors (Lipinski definition) is 1. The van der Waals surface area contributed by atoms with Crippen LogP contribution in [0.25, 0.3) is 0 Å². The van der Waals surface area contributed by atoms with Gasteiger partial charge >= 0.3 is 11.9 Å². The average Bonchev–Trinajstić information content (AvgIpc) is 3.36. The fraction of sp³-hybridized carbons (Fsp3) is 0.542. The van der Waals surface area contributed by atoms with Crippen molar-refractivity contribution in [2.45, 2.75) is 38.5 Å². The number of amides is 1. The van der Waals surface area contributed by atoms with Crippen molar-refractivity contribution in [1.29, 1.82) is 0 Å². The van der Waals surface area contributed by atoms with Crippen molar-refractivity contribution in [2.75, 3.05) is 33.7 Å². The Morgan fingerprint density at radius 2 is 1.91 bits per heavy atom. The molecule has 0 bridgehead atoms. The van der Waals surface area contributed by atoms with Crippen LogP contribution in [-0.4, -0.2) is 94.5 Å². The molecule has 3 aliphatic heterocycles. The zero-order valence-corrected chi connectivity index (χ0v) is 20.2. The Hall–Kier alpha value is -3.15. The molecule has 188 valence electrons. The number of benzene rings is 1. The summed E-state index contributed by atoms with van der Waals surface area (Å²) < 4.78 is 5.13. The molecule has 2 fully saturated rings. The minimum Gasteiger partial charge on any atom is -0.393 e. The van der Waals surface area contributed by atoms with Crippen LogP contribution in [0, 0.1) is 22.0 Å². The normalized spacial score (nSPS) is 27.1. The van der Waals surface area contributed by atoms with Crippen molar-refractivity contribution in [3.05, 3.63) is 51.2 Å². The molecule has 0 spiro atoms. The number of carbonyl (C=O) groups is 3. The lowest BCUT2D eigenvalue weighted by Gasteiger charge is -2.46. The molecule has 1 aromatic carbocycles. The molecule has 5 atom stereocenters. The van der Waals surface area contributed by atoms with E-state index in [1.54, 1.807) is 6.92 Å². The maximum atomic E-state index is 13.2. The first-order chi connectivity index (χ1) is 16.5. The van der Waals surface area contributed by atoms with Crippen LogP contribution in [-0.2, 0) is 14.3 Å². The van der Waals surface area contributed by atoms with Gasteiger partial charge in [0.2, 0.25) is 5.91 Å². The monoisotopic (exact) mass is 486 g/mol. The maximum absolute atomic E-state index is 13.2. The molecule has 0 saturated carbocycles. The number of nitro benzene ring substituents is 1. The molecule has 3 aliphatic rings. The number of aliphatic hydroxyl groups excluding tert-OH is 1. The van der Waals surface area contributed by atoms with Crippen LogP contribution >= 0.6 is 0 Å². The molecule has 11 heteroatoms. The largest absolute Gasteiger partial charge is 0.393 e. The molecule has 1 aromatic rings. The number of non-ortho nitro benzene ring substituents is 1. The number of hydrogen-bond acceptors (Lipinski definition) is 9. The van der Waals surface area contributed by atoms with Gasteiger partial charge in [-0.1, -0.05) is 6.92 Å². The minimum atomic E-state index is -0.957. The SMILES string of the molecule is C[C@@H](O)[C@H]1C(=O)N2C(C(=O)OC(=O)c3ccc([N+](=O)[O-])cc3)=C(CN3CC[C@H](N(C)C)C3)[C@H](C)[C@H]12. The van der Waals surface area contributed by atoms with Gasteiger partial charge in [0.15, 0.2) is 0 Å². The molecule has 0 unspecified atom stereocenters. The van der Waals surface area contributed by atoms with Gasteiger partial charge in [-0.05, 0) is 45.1 Å². The van der Waals surface area contributed by atoms with Crippen LogP contribution in [0.3, 0.4) is 0 Å². The Morgan fingerprint density at radius 3 is 2.46 bits per heavy atom. The number of esters is 2. The number of ether oxygens (including phenoxy) is 1. The topological polar surface area (TPSA) is 134 Å². The van der Waals surface area contributed by atoms with Crippen molar-refractivity contribution in [2.24, 2.45) is 11.8 Å². The number of aliphatic hydroxyl groups is 1. The smallest absolute Gasteiger partial charge is 0.362 e. The van der Waals surface area contributed by atoms with Crippen molar-refractivity contribution >= 4 is 23.5 Å². The highest BCUT2D eigenvalue weighted by atomic mass is 16.6. The Morgan fingerprint density at radius 1 is 1.26 bits per heavy atom. The highest BCUT2D eigenvalue weighted by Crippen LogP contribution is 2.47. The number of fused-ring (bicyclic) bond motifs is 1.